The van der Waals surface area contributed by atoms with Crippen molar-refractivity contribution in [3.63, 3.8) is 0 Å². The summed E-state index contributed by atoms with van der Waals surface area (Å²) in [7, 11) is 0. The van der Waals surface area contributed by atoms with Gasteiger partial charge in [0.15, 0.2) is 0 Å². The number of aliphatic hydroxyl groups is 1. The maximum Gasteiger partial charge on any atom is 0.123 e. The molecule has 1 nitrogen and oxygen atoms in total. The molecule has 2 rings (SSSR count). The second kappa shape index (κ2) is 5.00. The van der Waals surface area contributed by atoms with E-state index in [1.54, 1.807) is 6.07 Å². The van der Waals surface area contributed by atoms with Gasteiger partial charge in [-0.25, -0.2) is 4.39 Å². The van der Waals surface area contributed by atoms with Crippen molar-refractivity contribution in [3.05, 3.63) is 35.1 Å². The Bertz CT molecular complexity index is 429. The van der Waals surface area contributed by atoms with Crippen molar-refractivity contribution in [2.24, 2.45) is 11.8 Å². The Morgan fingerprint density at radius 1 is 1.33 bits per heavy atom. The van der Waals surface area contributed by atoms with E-state index in [-0.39, 0.29) is 5.82 Å². The highest BCUT2D eigenvalue weighted by Gasteiger charge is 2.38. The lowest BCUT2D eigenvalue weighted by atomic mass is 9.69. The minimum atomic E-state index is -0.625. The number of rotatable bonds is 2. The zero-order valence-electron chi connectivity index (χ0n) is 11.5. The van der Waals surface area contributed by atoms with E-state index in [9.17, 15) is 9.50 Å². The number of aryl methyl sites for hydroxylation is 1. The largest absolute Gasteiger partial charge is 0.389 e. The van der Waals surface area contributed by atoms with Gasteiger partial charge in [0, 0.05) is 6.42 Å². The van der Waals surface area contributed by atoms with Gasteiger partial charge in [0.1, 0.15) is 5.82 Å². The highest BCUT2D eigenvalue weighted by atomic mass is 19.1. The first-order chi connectivity index (χ1) is 8.40. The van der Waals surface area contributed by atoms with Crippen LogP contribution in [0.3, 0.4) is 0 Å². The van der Waals surface area contributed by atoms with Crippen molar-refractivity contribution in [2.75, 3.05) is 0 Å². The van der Waals surface area contributed by atoms with E-state index in [2.05, 4.69) is 13.8 Å². The zero-order chi connectivity index (χ0) is 13.3. The third kappa shape index (κ3) is 2.74. The first-order valence-electron chi connectivity index (χ1n) is 6.88. The number of hydrogen-bond donors (Lipinski definition) is 1. The Morgan fingerprint density at radius 2 is 2.06 bits per heavy atom. The maximum atomic E-state index is 13.1. The van der Waals surface area contributed by atoms with Crippen LogP contribution in [-0.4, -0.2) is 10.7 Å². The van der Waals surface area contributed by atoms with Crippen LogP contribution in [0.15, 0.2) is 18.2 Å². The van der Waals surface area contributed by atoms with Crippen LogP contribution in [0.25, 0.3) is 0 Å². The normalized spacial score (nSPS) is 32.5. The molecule has 1 aromatic carbocycles. The molecule has 0 spiro atoms. The molecule has 3 atom stereocenters. The zero-order valence-corrected chi connectivity index (χ0v) is 11.5. The monoisotopic (exact) mass is 250 g/mol. The maximum absolute atomic E-state index is 13.1. The van der Waals surface area contributed by atoms with E-state index in [0.29, 0.717) is 18.3 Å². The second-order valence-corrected chi connectivity index (χ2v) is 6.14. The molecule has 1 aliphatic rings. The molecule has 0 saturated heterocycles. The average molecular weight is 250 g/mol. The van der Waals surface area contributed by atoms with Crippen LogP contribution in [0, 0.1) is 24.6 Å². The summed E-state index contributed by atoms with van der Waals surface area (Å²) >= 11 is 0. The molecular formula is C16H23FO. The predicted octanol–water partition coefficient (Wildman–Crippen LogP) is 3.86. The molecule has 1 saturated carbocycles. The molecule has 2 heteroatoms. The van der Waals surface area contributed by atoms with E-state index in [0.717, 1.165) is 24.0 Å². The minimum absolute atomic E-state index is 0.201. The first-order valence-corrected chi connectivity index (χ1v) is 6.88. The van der Waals surface area contributed by atoms with Crippen molar-refractivity contribution in [3.8, 4) is 0 Å². The summed E-state index contributed by atoms with van der Waals surface area (Å²) in [6.45, 7) is 6.25. The summed E-state index contributed by atoms with van der Waals surface area (Å²) in [5, 5.41) is 10.9. The quantitative estimate of drug-likeness (QED) is 0.845. The van der Waals surface area contributed by atoms with Gasteiger partial charge in [-0.2, -0.15) is 0 Å². The molecule has 0 heterocycles. The van der Waals surface area contributed by atoms with Crippen LogP contribution >= 0.6 is 0 Å². The fourth-order valence-corrected chi connectivity index (χ4v) is 3.14. The van der Waals surface area contributed by atoms with Crippen LogP contribution < -0.4 is 0 Å². The highest BCUT2D eigenvalue weighted by molar-refractivity contribution is 5.28. The Labute approximate surface area is 109 Å². The Kier molecular flexibility index (Phi) is 3.76. The van der Waals surface area contributed by atoms with Gasteiger partial charge < -0.3 is 5.11 Å². The third-order valence-electron chi connectivity index (χ3n) is 4.51. The van der Waals surface area contributed by atoms with Gasteiger partial charge in [-0.3, -0.25) is 0 Å². The van der Waals surface area contributed by atoms with Crippen molar-refractivity contribution < 1.29 is 9.50 Å². The lowest BCUT2D eigenvalue weighted by Gasteiger charge is -2.41. The second-order valence-electron chi connectivity index (χ2n) is 6.14. The molecule has 0 bridgehead atoms. The SMILES string of the molecule is Cc1cc(F)ccc1CC1(O)CC(C)CCC1C. The molecule has 0 amide bonds. The highest BCUT2D eigenvalue weighted by Crippen LogP contribution is 2.39. The lowest BCUT2D eigenvalue weighted by molar-refractivity contribution is -0.0561. The van der Waals surface area contributed by atoms with E-state index < -0.39 is 5.60 Å². The molecule has 1 aromatic rings. The summed E-state index contributed by atoms with van der Waals surface area (Å²) < 4.78 is 13.1. The fraction of sp³-hybridized carbons (Fsp3) is 0.625. The molecular weight excluding hydrogens is 227 g/mol. The number of halogens is 1. The topological polar surface area (TPSA) is 20.2 Å². The van der Waals surface area contributed by atoms with Crippen molar-refractivity contribution in [2.45, 2.75) is 52.1 Å². The fourth-order valence-electron chi connectivity index (χ4n) is 3.14. The molecule has 0 aromatic heterocycles. The molecule has 0 aliphatic heterocycles. The molecule has 100 valence electrons. The van der Waals surface area contributed by atoms with Crippen LogP contribution in [0.4, 0.5) is 4.39 Å². The van der Waals surface area contributed by atoms with Crippen LogP contribution in [0.5, 0.6) is 0 Å². The molecule has 3 unspecified atom stereocenters. The Morgan fingerprint density at radius 3 is 2.72 bits per heavy atom. The van der Waals surface area contributed by atoms with Gasteiger partial charge in [0.25, 0.3) is 0 Å². The van der Waals surface area contributed by atoms with Crippen LogP contribution in [0.2, 0.25) is 0 Å². The van der Waals surface area contributed by atoms with Crippen molar-refractivity contribution in [1.29, 1.82) is 0 Å². The third-order valence-corrected chi connectivity index (χ3v) is 4.51. The van der Waals surface area contributed by atoms with E-state index in [4.69, 9.17) is 0 Å². The van der Waals surface area contributed by atoms with Gasteiger partial charge >= 0.3 is 0 Å². The molecule has 1 N–H and O–H groups in total. The molecule has 18 heavy (non-hydrogen) atoms. The van der Waals surface area contributed by atoms with Crippen molar-refractivity contribution >= 4 is 0 Å². The molecule has 1 aliphatic carbocycles. The first kappa shape index (κ1) is 13.5. The summed E-state index contributed by atoms with van der Waals surface area (Å²) in [5.74, 6) is 0.693. The summed E-state index contributed by atoms with van der Waals surface area (Å²) in [6, 6.07) is 4.85. The van der Waals surface area contributed by atoms with Gasteiger partial charge in [-0.05, 0) is 54.9 Å². The van der Waals surface area contributed by atoms with E-state index in [1.165, 1.54) is 12.5 Å². The van der Waals surface area contributed by atoms with Gasteiger partial charge in [-0.1, -0.05) is 26.3 Å². The number of benzene rings is 1. The summed E-state index contributed by atoms with van der Waals surface area (Å²) in [5.41, 5.74) is 1.38. The number of hydrogen-bond acceptors (Lipinski definition) is 1. The van der Waals surface area contributed by atoms with Crippen LogP contribution in [-0.2, 0) is 6.42 Å². The standard InChI is InChI=1S/C16H23FO/c1-11-4-5-13(3)16(18,9-11)10-14-6-7-15(17)8-12(14)2/h6-8,11,13,18H,4-5,9-10H2,1-3H3. The molecule has 1 fully saturated rings. The Balaban J connectivity index is 2.20. The average Bonchev–Trinajstić information content (AvgIpc) is 2.28. The van der Waals surface area contributed by atoms with Gasteiger partial charge in [0.2, 0.25) is 0 Å². The predicted molar refractivity (Wildman–Crippen MR) is 72.0 cm³/mol. The van der Waals surface area contributed by atoms with Crippen LogP contribution in [0.1, 0.15) is 44.2 Å². The Hall–Kier alpha value is -0.890. The lowest BCUT2D eigenvalue weighted by Crippen LogP contribution is -2.43. The van der Waals surface area contributed by atoms with Gasteiger partial charge in [0.05, 0.1) is 5.60 Å². The van der Waals surface area contributed by atoms with Crippen molar-refractivity contribution in [1.82, 2.24) is 0 Å². The minimum Gasteiger partial charge on any atom is -0.389 e. The smallest absolute Gasteiger partial charge is 0.123 e. The molecule has 0 radical (unpaired) electrons. The summed E-state index contributed by atoms with van der Waals surface area (Å²) in [4.78, 5) is 0. The van der Waals surface area contributed by atoms with E-state index in [1.807, 2.05) is 13.0 Å². The summed E-state index contributed by atoms with van der Waals surface area (Å²) in [6.07, 6.45) is 3.78. The van der Waals surface area contributed by atoms with Gasteiger partial charge in [-0.15, -0.1) is 0 Å². The van der Waals surface area contributed by atoms with E-state index >= 15 is 0 Å².